The van der Waals surface area contributed by atoms with Gasteiger partial charge in [0, 0.05) is 32.7 Å². The van der Waals surface area contributed by atoms with Crippen LogP contribution in [0.2, 0.25) is 0 Å². The molecule has 0 amide bonds. The number of pyridine rings is 1. The molecule has 4 heterocycles. The van der Waals surface area contributed by atoms with Crippen LogP contribution >= 0.6 is 15.9 Å². The average Bonchev–Trinajstić information content (AvgIpc) is 3.36. The summed E-state index contributed by atoms with van der Waals surface area (Å²) >= 11 is 3.42. The number of hydrogen-bond acceptors (Lipinski definition) is 7. The summed E-state index contributed by atoms with van der Waals surface area (Å²) in [6, 6.07) is 4.11. The summed E-state index contributed by atoms with van der Waals surface area (Å²) in [5, 5.41) is 7.46. The third-order valence-corrected chi connectivity index (χ3v) is 5.72. The van der Waals surface area contributed by atoms with Gasteiger partial charge in [0.25, 0.3) is 0 Å². The molecule has 8 nitrogen and oxygen atoms in total. The van der Waals surface area contributed by atoms with E-state index in [1.54, 1.807) is 10.7 Å². The number of fused-ring (bicyclic) bond motifs is 1. The van der Waals surface area contributed by atoms with Gasteiger partial charge >= 0.3 is 0 Å². The second-order valence-corrected chi connectivity index (χ2v) is 8.00. The Bertz CT molecular complexity index is 928. The van der Waals surface area contributed by atoms with Crippen molar-refractivity contribution >= 4 is 38.9 Å². The van der Waals surface area contributed by atoms with E-state index in [-0.39, 0.29) is 0 Å². The van der Waals surface area contributed by atoms with Gasteiger partial charge in [0.05, 0.1) is 18.1 Å². The maximum Gasteiger partial charge on any atom is 0.199 e. The molecule has 1 aliphatic carbocycles. The van der Waals surface area contributed by atoms with Crippen molar-refractivity contribution in [1.29, 1.82) is 0 Å². The summed E-state index contributed by atoms with van der Waals surface area (Å²) in [6.07, 6.45) is 7.90. The number of piperazine rings is 1. The van der Waals surface area contributed by atoms with Crippen molar-refractivity contribution in [3.8, 4) is 0 Å². The topological polar surface area (TPSA) is 74.5 Å². The average molecular weight is 429 g/mol. The zero-order valence-electron chi connectivity index (χ0n) is 14.9. The number of halogens is 1. The minimum atomic E-state index is 0.652. The Morgan fingerprint density at radius 3 is 2.63 bits per heavy atom. The lowest BCUT2D eigenvalue weighted by Crippen LogP contribution is -2.47. The molecule has 5 rings (SSSR count). The van der Waals surface area contributed by atoms with Crippen LogP contribution in [0.1, 0.15) is 12.8 Å². The molecule has 1 N–H and O–H groups in total. The number of nitrogens with one attached hydrogen (secondary N) is 1. The first kappa shape index (κ1) is 16.9. The van der Waals surface area contributed by atoms with Crippen molar-refractivity contribution in [2.24, 2.45) is 5.92 Å². The fourth-order valence-corrected chi connectivity index (χ4v) is 3.85. The van der Waals surface area contributed by atoms with Gasteiger partial charge in [-0.1, -0.05) is 0 Å². The highest BCUT2D eigenvalue weighted by atomic mass is 79.9. The van der Waals surface area contributed by atoms with Crippen LogP contribution in [0.3, 0.4) is 0 Å². The molecule has 0 aromatic carbocycles. The number of rotatable bonds is 5. The van der Waals surface area contributed by atoms with Gasteiger partial charge in [-0.2, -0.15) is 5.10 Å². The van der Waals surface area contributed by atoms with Gasteiger partial charge in [0.2, 0.25) is 0 Å². The number of anilines is 3. The Hall–Kier alpha value is -2.26. The maximum atomic E-state index is 4.65. The Morgan fingerprint density at radius 2 is 1.89 bits per heavy atom. The molecule has 1 saturated heterocycles. The van der Waals surface area contributed by atoms with Gasteiger partial charge in [-0.15, -0.1) is 0 Å². The lowest BCUT2D eigenvalue weighted by Gasteiger charge is -2.35. The predicted molar refractivity (Wildman–Crippen MR) is 107 cm³/mol. The quantitative estimate of drug-likeness (QED) is 0.668. The summed E-state index contributed by atoms with van der Waals surface area (Å²) in [4.78, 5) is 18.3. The van der Waals surface area contributed by atoms with Crippen molar-refractivity contribution in [3.05, 3.63) is 35.5 Å². The van der Waals surface area contributed by atoms with E-state index in [1.165, 1.54) is 25.7 Å². The Balaban J connectivity index is 1.25. The Morgan fingerprint density at radius 1 is 1.04 bits per heavy atom. The van der Waals surface area contributed by atoms with Crippen molar-refractivity contribution < 1.29 is 0 Å². The van der Waals surface area contributed by atoms with Gasteiger partial charge in [-0.05, 0) is 46.8 Å². The van der Waals surface area contributed by atoms with Gasteiger partial charge in [0.15, 0.2) is 11.5 Å². The van der Waals surface area contributed by atoms with E-state index in [9.17, 15) is 0 Å². The molecule has 2 aliphatic rings. The third kappa shape index (κ3) is 3.61. The third-order valence-electron chi connectivity index (χ3n) is 5.18. The number of aromatic nitrogens is 5. The second kappa shape index (κ2) is 7.05. The van der Waals surface area contributed by atoms with E-state index in [0.29, 0.717) is 11.5 Å². The Kier molecular flexibility index (Phi) is 4.41. The Labute approximate surface area is 165 Å². The monoisotopic (exact) mass is 428 g/mol. The van der Waals surface area contributed by atoms with Crippen molar-refractivity contribution in [3.63, 3.8) is 0 Å². The molecule has 3 aromatic rings. The molecular weight excluding hydrogens is 408 g/mol. The minimum absolute atomic E-state index is 0.652. The molecule has 0 radical (unpaired) electrons. The van der Waals surface area contributed by atoms with Crippen LogP contribution in [-0.4, -0.2) is 62.2 Å². The van der Waals surface area contributed by atoms with E-state index in [4.69, 9.17) is 0 Å². The van der Waals surface area contributed by atoms with Crippen molar-refractivity contribution in [2.45, 2.75) is 12.8 Å². The van der Waals surface area contributed by atoms with Crippen LogP contribution in [0.5, 0.6) is 0 Å². The molecule has 0 spiro atoms. The predicted octanol–water partition coefficient (Wildman–Crippen LogP) is 2.56. The molecule has 140 valence electrons. The summed E-state index contributed by atoms with van der Waals surface area (Å²) < 4.78 is 2.45. The first-order valence-electron chi connectivity index (χ1n) is 9.31. The van der Waals surface area contributed by atoms with E-state index in [0.717, 1.165) is 48.2 Å². The number of nitrogens with zero attached hydrogens (tertiary/aromatic N) is 7. The van der Waals surface area contributed by atoms with Crippen LogP contribution in [0, 0.1) is 5.92 Å². The molecule has 27 heavy (non-hydrogen) atoms. The molecule has 3 aromatic heterocycles. The van der Waals surface area contributed by atoms with Gasteiger partial charge in [-0.25, -0.2) is 19.5 Å². The molecule has 2 fully saturated rings. The fourth-order valence-electron chi connectivity index (χ4n) is 3.49. The lowest BCUT2D eigenvalue weighted by atomic mass is 10.2. The highest BCUT2D eigenvalue weighted by Gasteiger charge is 2.26. The van der Waals surface area contributed by atoms with E-state index >= 15 is 0 Å². The summed E-state index contributed by atoms with van der Waals surface area (Å²) in [6.45, 7) is 5.63. The van der Waals surface area contributed by atoms with E-state index in [1.807, 2.05) is 12.3 Å². The zero-order valence-corrected chi connectivity index (χ0v) is 16.5. The molecule has 0 unspecified atom stereocenters. The second-order valence-electron chi connectivity index (χ2n) is 7.19. The highest BCUT2D eigenvalue weighted by molar-refractivity contribution is 9.10. The van der Waals surface area contributed by atoms with Crippen molar-refractivity contribution in [2.75, 3.05) is 42.9 Å². The van der Waals surface area contributed by atoms with E-state index < -0.39 is 0 Å². The van der Waals surface area contributed by atoms with Crippen LogP contribution in [0.15, 0.2) is 35.5 Å². The maximum absolute atomic E-state index is 4.65. The normalized spacial score (nSPS) is 18.2. The highest BCUT2D eigenvalue weighted by Crippen LogP contribution is 2.30. The van der Waals surface area contributed by atoms with E-state index in [2.05, 4.69) is 57.2 Å². The molecular formula is C18H21BrN8. The molecule has 1 aliphatic heterocycles. The molecule has 9 heteroatoms. The van der Waals surface area contributed by atoms with Crippen LogP contribution in [0.25, 0.3) is 5.65 Å². The van der Waals surface area contributed by atoms with Crippen LogP contribution in [-0.2, 0) is 0 Å². The zero-order chi connectivity index (χ0) is 18.2. The summed E-state index contributed by atoms with van der Waals surface area (Å²) in [7, 11) is 0. The molecule has 0 bridgehead atoms. The van der Waals surface area contributed by atoms with Crippen LogP contribution in [0.4, 0.5) is 17.3 Å². The summed E-state index contributed by atoms with van der Waals surface area (Å²) in [5.74, 6) is 2.64. The van der Waals surface area contributed by atoms with Crippen molar-refractivity contribution in [1.82, 2.24) is 29.5 Å². The van der Waals surface area contributed by atoms with Crippen LogP contribution < -0.4 is 10.2 Å². The van der Waals surface area contributed by atoms with Gasteiger partial charge < -0.3 is 10.2 Å². The minimum Gasteiger partial charge on any atom is -0.354 e. The fraction of sp³-hybridized carbons (Fsp3) is 0.444. The van der Waals surface area contributed by atoms with Gasteiger partial charge in [-0.3, -0.25) is 4.90 Å². The lowest BCUT2D eigenvalue weighted by molar-refractivity contribution is 0.247. The summed E-state index contributed by atoms with van der Waals surface area (Å²) in [5.41, 5.74) is 1.55. The first-order valence-corrected chi connectivity index (χ1v) is 10.1. The van der Waals surface area contributed by atoms with Gasteiger partial charge in [0.1, 0.15) is 16.7 Å². The SMILES string of the molecule is Brc1cnc(Nc2ccc(N3CCN(CC4CC4)CC3)nc2)c2ncnn12. The first-order chi connectivity index (χ1) is 13.3. The smallest absolute Gasteiger partial charge is 0.199 e. The molecule has 0 atom stereocenters. The largest absolute Gasteiger partial charge is 0.354 e. The number of hydrogen-bond donors (Lipinski definition) is 1. The molecule has 1 saturated carbocycles. The standard InChI is InChI=1S/C18H21BrN8/c19-15-10-21-17(18-22-12-23-27(15)18)24-14-3-4-16(20-9-14)26-7-5-25(6-8-26)11-13-1-2-13/h3-4,9-10,12-13H,1-2,5-8,11H2,(H,21,24).